The fourth-order valence-corrected chi connectivity index (χ4v) is 2.92. The van der Waals surface area contributed by atoms with Crippen LogP contribution in [0.15, 0.2) is 0 Å². The van der Waals surface area contributed by atoms with Crippen LogP contribution in [0.25, 0.3) is 0 Å². The molecular formula is C14H28N2O2. The molecule has 1 amide bonds. The Kier molecular flexibility index (Phi) is 6.47. The topological polar surface area (TPSA) is 41.6 Å². The van der Waals surface area contributed by atoms with E-state index in [-0.39, 0.29) is 12.1 Å². The fourth-order valence-electron chi connectivity index (χ4n) is 2.92. The highest BCUT2D eigenvalue weighted by Crippen LogP contribution is 2.22. The molecule has 1 N–H and O–H groups in total. The first kappa shape index (κ1) is 15.3. The van der Waals surface area contributed by atoms with Gasteiger partial charge in [-0.25, -0.2) is 4.79 Å². The van der Waals surface area contributed by atoms with E-state index >= 15 is 0 Å². The number of hydrogen-bond acceptors (Lipinski definition) is 3. The van der Waals surface area contributed by atoms with E-state index in [1.165, 1.54) is 26.5 Å². The number of carbonyl (C=O) groups excluding carboxylic acids is 1. The summed E-state index contributed by atoms with van der Waals surface area (Å²) in [5.74, 6) is 1.37. The number of nitrogens with zero attached hydrogens (tertiary/aromatic N) is 1. The predicted octanol–water partition coefficient (Wildman–Crippen LogP) is 2.49. The lowest BCUT2D eigenvalue weighted by molar-refractivity contribution is 0.113. The maximum Gasteiger partial charge on any atom is 0.407 e. The lowest BCUT2D eigenvalue weighted by atomic mass is 9.90. The number of rotatable bonds is 5. The van der Waals surface area contributed by atoms with Gasteiger partial charge in [0.25, 0.3) is 0 Å². The molecule has 18 heavy (non-hydrogen) atoms. The van der Waals surface area contributed by atoms with Gasteiger partial charge in [-0.3, -0.25) is 0 Å². The van der Waals surface area contributed by atoms with E-state index in [4.69, 9.17) is 4.74 Å². The van der Waals surface area contributed by atoms with E-state index in [0.717, 1.165) is 19.5 Å². The summed E-state index contributed by atoms with van der Waals surface area (Å²) in [7, 11) is 1.42. The third-order valence-electron chi connectivity index (χ3n) is 3.44. The maximum atomic E-state index is 11.3. The maximum absolute atomic E-state index is 11.3. The number of alkyl carbamates (subject to hydrolysis) is 1. The monoisotopic (exact) mass is 256 g/mol. The Morgan fingerprint density at radius 3 is 2.72 bits per heavy atom. The Bertz CT molecular complexity index is 256. The zero-order valence-corrected chi connectivity index (χ0v) is 12.2. The van der Waals surface area contributed by atoms with E-state index < -0.39 is 0 Å². The summed E-state index contributed by atoms with van der Waals surface area (Å²) >= 11 is 0. The highest BCUT2D eigenvalue weighted by molar-refractivity contribution is 5.67. The Hall–Kier alpha value is -0.770. The second-order valence-electron chi connectivity index (χ2n) is 5.84. The zero-order chi connectivity index (χ0) is 13.5. The van der Waals surface area contributed by atoms with Gasteiger partial charge in [-0.05, 0) is 24.7 Å². The molecule has 0 aromatic heterocycles. The SMILES string of the molecule is CCCC1CC(NC(=O)OC)CN(CC(C)C)C1. The summed E-state index contributed by atoms with van der Waals surface area (Å²) in [5.41, 5.74) is 0. The molecular weight excluding hydrogens is 228 g/mol. The summed E-state index contributed by atoms with van der Waals surface area (Å²) in [6.07, 6.45) is 3.23. The smallest absolute Gasteiger partial charge is 0.407 e. The third kappa shape index (κ3) is 5.25. The average molecular weight is 256 g/mol. The molecule has 0 spiro atoms. The molecule has 0 aliphatic carbocycles. The molecule has 0 aromatic rings. The van der Waals surface area contributed by atoms with E-state index in [2.05, 4.69) is 31.0 Å². The van der Waals surface area contributed by atoms with Crippen LogP contribution < -0.4 is 5.32 Å². The van der Waals surface area contributed by atoms with Crippen molar-refractivity contribution in [1.82, 2.24) is 10.2 Å². The molecule has 2 unspecified atom stereocenters. The minimum Gasteiger partial charge on any atom is -0.453 e. The van der Waals surface area contributed by atoms with Crippen molar-refractivity contribution in [2.24, 2.45) is 11.8 Å². The van der Waals surface area contributed by atoms with Gasteiger partial charge in [0.2, 0.25) is 0 Å². The van der Waals surface area contributed by atoms with Crippen molar-refractivity contribution in [2.75, 3.05) is 26.7 Å². The molecule has 1 saturated heterocycles. The van der Waals surface area contributed by atoms with Gasteiger partial charge in [-0.2, -0.15) is 0 Å². The van der Waals surface area contributed by atoms with Gasteiger partial charge in [0.05, 0.1) is 7.11 Å². The molecule has 0 saturated carbocycles. The zero-order valence-electron chi connectivity index (χ0n) is 12.2. The number of nitrogens with one attached hydrogen (secondary N) is 1. The molecule has 0 aromatic carbocycles. The van der Waals surface area contributed by atoms with Crippen molar-refractivity contribution >= 4 is 6.09 Å². The molecule has 4 heteroatoms. The van der Waals surface area contributed by atoms with Crippen molar-refractivity contribution in [3.05, 3.63) is 0 Å². The number of likely N-dealkylation sites (tertiary alicyclic amines) is 1. The van der Waals surface area contributed by atoms with Gasteiger partial charge < -0.3 is 15.0 Å². The summed E-state index contributed by atoms with van der Waals surface area (Å²) in [4.78, 5) is 13.8. The molecule has 2 atom stereocenters. The van der Waals surface area contributed by atoms with Crippen LogP contribution in [0.4, 0.5) is 4.79 Å². The Morgan fingerprint density at radius 1 is 1.44 bits per heavy atom. The molecule has 1 heterocycles. The molecule has 4 nitrogen and oxygen atoms in total. The Labute approximate surface area is 111 Å². The summed E-state index contributed by atoms with van der Waals surface area (Å²) in [6.45, 7) is 9.95. The first-order chi connectivity index (χ1) is 8.55. The van der Waals surface area contributed by atoms with E-state index in [0.29, 0.717) is 11.8 Å². The first-order valence-electron chi connectivity index (χ1n) is 7.12. The Balaban J connectivity index is 2.53. The van der Waals surface area contributed by atoms with Crippen molar-refractivity contribution in [1.29, 1.82) is 0 Å². The van der Waals surface area contributed by atoms with Gasteiger partial charge in [0, 0.05) is 25.7 Å². The largest absolute Gasteiger partial charge is 0.453 e. The van der Waals surface area contributed by atoms with Crippen molar-refractivity contribution in [3.63, 3.8) is 0 Å². The quantitative estimate of drug-likeness (QED) is 0.821. The fraction of sp³-hybridized carbons (Fsp3) is 0.929. The predicted molar refractivity (Wildman–Crippen MR) is 73.6 cm³/mol. The lowest BCUT2D eigenvalue weighted by Gasteiger charge is -2.38. The van der Waals surface area contributed by atoms with Gasteiger partial charge >= 0.3 is 6.09 Å². The Morgan fingerprint density at radius 2 is 2.17 bits per heavy atom. The second-order valence-corrected chi connectivity index (χ2v) is 5.84. The normalized spacial score (nSPS) is 25.2. The molecule has 0 bridgehead atoms. The minimum absolute atomic E-state index is 0.237. The van der Waals surface area contributed by atoms with Crippen molar-refractivity contribution < 1.29 is 9.53 Å². The first-order valence-corrected chi connectivity index (χ1v) is 7.12. The van der Waals surface area contributed by atoms with Gasteiger partial charge in [0.15, 0.2) is 0 Å². The number of carbonyl (C=O) groups is 1. The number of hydrogen-bond donors (Lipinski definition) is 1. The van der Waals surface area contributed by atoms with Crippen LogP contribution in [0.2, 0.25) is 0 Å². The van der Waals surface area contributed by atoms with Gasteiger partial charge in [0.1, 0.15) is 0 Å². The number of ether oxygens (including phenoxy) is 1. The lowest BCUT2D eigenvalue weighted by Crippen LogP contribution is -2.51. The number of amides is 1. The molecule has 1 rings (SSSR count). The highest BCUT2D eigenvalue weighted by atomic mass is 16.5. The standard InChI is InChI=1S/C14H28N2O2/c1-5-6-12-7-13(15-14(17)18-4)10-16(9-12)8-11(2)3/h11-13H,5-10H2,1-4H3,(H,15,17). The van der Waals surface area contributed by atoms with Crippen LogP contribution in [-0.2, 0) is 4.74 Å². The molecule has 1 aliphatic heterocycles. The van der Waals surface area contributed by atoms with E-state index in [1.54, 1.807) is 0 Å². The second kappa shape index (κ2) is 7.62. The number of methoxy groups -OCH3 is 1. The highest BCUT2D eigenvalue weighted by Gasteiger charge is 2.28. The molecule has 1 aliphatic rings. The van der Waals surface area contributed by atoms with Gasteiger partial charge in [-0.1, -0.05) is 27.2 Å². The van der Waals surface area contributed by atoms with E-state index in [1.807, 2.05) is 0 Å². The van der Waals surface area contributed by atoms with Crippen LogP contribution >= 0.6 is 0 Å². The van der Waals surface area contributed by atoms with Crippen LogP contribution in [0, 0.1) is 11.8 Å². The van der Waals surface area contributed by atoms with E-state index in [9.17, 15) is 4.79 Å². The molecule has 0 radical (unpaired) electrons. The average Bonchev–Trinajstić information content (AvgIpc) is 2.28. The van der Waals surface area contributed by atoms with Crippen molar-refractivity contribution in [3.8, 4) is 0 Å². The summed E-state index contributed by atoms with van der Waals surface area (Å²) in [6, 6.07) is 0.237. The van der Waals surface area contributed by atoms with Crippen LogP contribution in [0.3, 0.4) is 0 Å². The van der Waals surface area contributed by atoms with Crippen LogP contribution in [-0.4, -0.2) is 43.8 Å². The molecule has 106 valence electrons. The minimum atomic E-state index is -0.304. The van der Waals surface area contributed by atoms with Gasteiger partial charge in [-0.15, -0.1) is 0 Å². The van der Waals surface area contributed by atoms with Crippen LogP contribution in [0.1, 0.15) is 40.0 Å². The summed E-state index contributed by atoms with van der Waals surface area (Å²) < 4.78 is 4.70. The third-order valence-corrected chi connectivity index (χ3v) is 3.44. The number of piperidine rings is 1. The van der Waals surface area contributed by atoms with Crippen molar-refractivity contribution in [2.45, 2.75) is 46.1 Å². The van der Waals surface area contributed by atoms with Crippen LogP contribution in [0.5, 0.6) is 0 Å². The molecule has 1 fully saturated rings. The summed E-state index contributed by atoms with van der Waals surface area (Å²) in [5, 5.41) is 2.96.